The van der Waals surface area contributed by atoms with Crippen molar-refractivity contribution in [2.75, 3.05) is 11.3 Å². The maximum atomic E-state index is 12.7. The number of nitriles is 1. The molecule has 0 unspecified atom stereocenters. The summed E-state index contributed by atoms with van der Waals surface area (Å²) in [7, 11) is -3.90. The zero-order chi connectivity index (χ0) is 18.5. The molecule has 1 aromatic carbocycles. The first-order valence-electron chi connectivity index (χ1n) is 7.79. The van der Waals surface area contributed by atoms with E-state index in [4.69, 9.17) is 16.9 Å². The van der Waals surface area contributed by atoms with E-state index in [1.165, 1.54) is 35.4 Å². The minimum atomic E-state index is -3.90. The van der Waals surface area contributed by atoms with E-state index < -0.39 is 15.6 Å². The number of aliphatic hydroxyl groups excluding tert-OH is 1. The van der Waals surface area contributed by atoms with Crippen LogP contribution < -0.4 is 4.72 Å². The Labute approximate surface area is 154 Å². The number of anilines is 1. The smallest absolute Gasteiger partial charge is 0.265 e. The van der Waals surface area contributed by atoms with E-state index in [2.05, 4.69) is 14.8 Å². The van der Waals surface area contributed by atoms with Gasteiger partial charge in [-0.1, -0.05) is 11.6 Å². The van der Waals surface area contributed by atoms with Crippen LogP contribution in [0.4, 0.5) is 5.69 Å². The first-order valence-corrected chi connectivity index (χ1v) is 9.65. The van der Waals surface area contributed by atoms with Gasteiger partial charge >= 0.3 is 0 Å². The van der Waals surface area contributed by atoms with Crippen molar-refractivity contribution < 1.29 is 13.5 Å². The lowest BCUT2D eigenvalue weighted by Gasteiger charge is -2.11. The second-order valence-corrected chi connectivity index (χ2v) is 8.36. The molecule has 1 fully saturated rings. The molecule has 2 aromatic heterocycles. The van der Waals surface area contributed by atoms with Crippen molar-refractivity contribution in [1.29, 1.82) is 5.26 Å². The average molecular weight is 392 g/mol. The van der Waals surface area contributed by atoms with Gasteiger partial charge in [-0.15, -0.1) is 0 Å². The van der Waals surface area contributed by atoms with Crippen LogP contribution in [-0.2, 0) is 15.6 Å². The number of nitrogens with zero attached hydrogens (tertiary/aromatic N) is 3. The standard InChI is InChI=1S/C16H14ClN5O3S/c17-12-1-2-13(15-14(12)10(5-18)6-19-15)21-26(24,25)11-7-20-22(8-11)16(9-23)3-4-16/h1-2,6-8,19,21,23H,3-4,9H2. The topological polar surface area (TPSA) is 124 Å². The fourth-order valence-electron chi connectivity index (χ4n) is 2.89. The zero-order valence-corrected chi connectivity index (χ0v) is 15.0. The minimum Gasteiger partial charge on any atom is -0.394 e. The van der Waals surface area contributed by atoms with Crippen LogP contribution >= 0.6 is 11.6 Å². The van der Waals surface area contributed by atoms with Gasteiger partial charge < -0.3 is 10.1 Å². The lowest BCUT2D eigenvalue weighted by molar-refractivity contribution is 0.202. The number of hydrogen-bond donors (Lipinski definition) is 3. The molecule has 1 aliphatic rings. The first kappa shape index (κ1) is 16.9. The van der Waals surface area contributed by atoms with Crippen molar-refractivity contribution in [1.82, 2.24) is 14.8 Å². The van der Waals surface area contributed by atoms with Crippen molar-refractivity contribution in [2.24, 2.45) is 0 Å². The molecule has 3 aromatic rings. The number of halogens is 1. The highest BCUT2D eigenvalue weighted by molar-refractivity contribution is 7.92. The van der Waals surface area contributed by atoms with Gasteiger partial charge in [0.05, 0.1) is 40.1 Å². The normalized spacial score (nSPS) is 15.7. The second-order valence-electron chi connectivity index (χ2n) is 6.27. The summed E-state index contributed by atoms with van der Waals surface area (Å²) in [4.78, 5) is 2.88. The number of rotatable bonds is 5. The van der Waals surface area contributed by atoms with E-state index >= 15 is 0 Å². The lowest BCUT2D eigenvalue weighted by Crippen LogP contribution is -2.22. The number of H-pyrrole nitrogens is 1. The Morgan fingerprint density at radius 2 is 2.23 bits per heavy atom. The predicted molar refractivity (Wildman–Crippen MR) is 95.4 cm³/mol. The van der Waals surface area contributed by atoms with Gasteiger partial charge in [0.25, 0.3) is 10.0 Å². The van der Waals surface area contributed by atoms with E-state index in [1.54, 1.807) is 0 Å². The Morgan fingerprint density at radius 1 is 1.46 bits per heavy atom. The predicted octanol–water partition coefficient (Wildman–Crippen LogP) is 2.17. The van der Waals surface area contributed by atoms with Crippen LogP contribution in [0.1, 0.15) is 18.4 Å². The molecule has 0 amide bonds. The molecule has 0 aliphatic heterocycles. The van der Waals surface area contributed by atoms with Crippen LogP contribution in [0.25, 0.3) is 10.9 Å². The van der Waals surface area contributed by atoms with Gasteiger partial charge in [0.15, 0.2) is 0 Å². The van der Waals surface area contributed by atoms with Crippen molar-refractivity contribution >= 4 is 38.2 Å². The molecule has 4 rings (SSSR count). The molecule has 3 N–H and O–H groups in total. The maximum absolute atomic E-state index is 12.7. The summed E-state index contributed by atoms with van der Waals surface area (Å²) >= 11 is 6.13. The zero-order valence-electron chi connectivity index (χ0n) is 13.4. The average Bonchev–Trinajstić information content (AvgIpc) is 3.07. The first-order chi connectivity index (χ1) is 12.4. The third kappa shape index (κ3) is 2.54. The van der Waals surface area contributed by atoms with Crippen molar-refractivity contribution in [3.8, 4) is 6.07 Å². The summed E-state index contributed by atoms with van der Waals surface area (Å²) in [5, 5.41) is 23.5. The van der Waals surface area contributed by atoms with E-state index in [9.17, 15) is 13.5 Å². The minimum absolute atomic E-state index is 0.00705. The molecule has 0 saturated heterocycles. The summed E-state index contributed by atoms with van der Waals surface area (Å²) in [6.45, 7) is -0.0845. The number of aliphatic hydroxyl groups is 1. The van der Waals surface area contributed by atoms with Gasteiger partial charge in [0.1, 0.15) is 11.0 Å². The number of benzene rings is 1. The number of hydrogen-bond acceptors (Lipinski definition) is 5. The van der Waals surface area contributed by atoms with E-state index in [0.717, 1.165) is 12.8 Å². The van der Waals surface area contributed by atoms with Gasteiger partial charge in [-0.2, -0.15) is 10.4 Å². The highest BCUT2D eigenvalue weighted by Gasteiger charge is 2.45. The summed E-state index contributed by atoms with van der Waals surface area (Å²) in [5.41, 5.74) is 0.557. The molecule has 0 radical (unpaired) electrons. The van der Waals surface area contributed by atoms with Crippen LogP contribution in [0.15, 0.2) is 35.6 Å². The monoisotopic (exact) mass is 391 g/mol. The molecule has 1 aliphatic carbocycles. The number of sulfonamides is 1. The summed E-state index contributed by atoms with van der Waals surface area (Å²) < 4.78 is 29.4. The van der Waals surface area contributed by atoms with Gasteiger partial charge in [-0.3, -0.25) is 9.40 Å². The molecule has 8 nitrogen and oxygen atoms in total. The Balaban J connectivity index is 1.71. The van der Waals surface area contributed by atoms with Crippen LogP contribution in [0.3, 0.4) is 0 Å². The van der Waals surface area contributed by atoms with Gasteiger partial charge in [0, 0.05) is 17.8 Å². The number of aromatic nitrogens is 3. The molecule has 0 spiro atoms. The molecule has 26 heavy (non-hydrogen) atoms. The second kappa shape index (κ2) is 5.74. The molecule has 10 heteroatoms. The molecule has 1 saturated carbocycles. The highest BCUT2D eigenvalue weighted by Crippen LogP contribution is 2.42. The third-order valence-corrected chi connectivity index (χ3v) is 6.26. The largest absolute Gasteiger partial charge is 0.394 e. The summed E-state index contributed by atoms with van der Waals surface area (Å²) in [6.07, 6.45) is 5.66. The van der Waals surface area contributed by atoms with Crippen molar-refractivity contribution in [2.45, 2.75) is 23.3 Å². The molecule has 2 heterocycles. The van der Waals surface area contributed by atoms with Crippen LogP contribution in [0.5, 0.6) is 0 Å². The lowest BCUT2D eigenvalue weighted by atomic mass is 10.1. The number of aromatic amines is 1. The van der Waals surface area contributed by atoms with Gasteiger partial charge in [-0.25, -0.2) is 8.42 Å². The third-order valence-electron chi connectivity index (χ3n) is 4.63. The van der Waals surface area contributed by atoms with Crippen LogP contribution in [-0.4, -0.2) is 34.9 Å². The Kier molecular flexibility index (Phi) is 3.73. The molecule has 0 atom stereocenters. The summed E-state index contributed by atoms with van der Waals surface area (Å²) in [5.74, 6) is 0. The molecule has 134 valence electrons. The Morgan fingerprint density at radius 3 is 2.88 bits per heavy atom. The number of fused-ring (bicyclic) bond motifs is 1. The molecular weight excluding hydrogens is 378 g/mol. The summed E-state index contributed by atoms with van der Waals surface area (Å²) in [6, 6.07) is 5.08. The van der Waals surface area contributed by atoms with E-state index in [0.29, 0.717) is 21.5 Å². The van der Waals surface area contributed by atoms with Gasteiger partial charge in [-0.05, 0) is 25.0 Å². The Hall–Kier alpha value is -2.54. The van der Waals surface area contributed by atoms with Crippen molar-refractivity contribution in [3.05, 3.63) is 41.3 Å². The quantitative estimate of drug-likeness (QED) is 0.614. The van der Waals surface area contributed by atoms with Crippen LogP contribution in [0, 0.1) is 11.3 Å². The van der Waals surface area contributed by atoms with E-state index in [1.807, 2.05) is 6.07 Å². The highest BCUT2D eigenvalue weighted by atomic mass is 35.5. The van der Waals surface area contributed by atoms with E-state index in [-0.39, 0.29) is 17.2 Å². The number of nitrogens with one attached hydrogen (secondary N) is 2. The molecule has 0 bridgehead atoms. The fourth-order valence-corrected chi connectivity index (χ4v) is 4.15. The Bertz CT molecular complexity index is 1150. The maximum Gasteiger partial charge on any atom is 0.265 e. The molecular formula is C16H14ClN5O3S. The SMILES string of the molecule is N#Cc1c[nH]c2c(NS(=O)(=O)c3cnn(C4(CO)CC4)c3)ccc(Cl)c12. The fraction of sp³-hybridized carbons (Fsp3) is 0.250. The van der Waals surface area contributed by atoms with Gasteiger partial charge in [0.2, 0.25) is 0 Å². The van der Waals surface area contributed by atoms with Crippen molar-refractivity contribution in [3.63, 3.8) is 0 Å². The van der Waals surface area contributed by atoms with Crippen LogP contribution in [0.2, 0.25) is 5.02 Å².